The van der Waals surface area contributed by atoms with E-state index >= 15 is 0 Å². The number of aromatic carboxylic acids is 1. The fraction of sp³-hybridized carbons (Fsp3) is 0.385. The standard InChI is InChI=1S/C13H17N3O3/c1-3-12-10(7-16(2)15-12)5-14-6-11-4-9(8-19-11)13(17)18/h4,7-8,14H,3,5-6H2,1-2H3,(H,17,18). The molecular weight excluding hydrogens is 246 g/mol. The molecule has 0 spiro atoms. The Labute approximate surface area is 111 Å². The van der Waals surface area contributed by atoms with E-state index in [-0.39, 0.29) is 5.56 Å². The number of nitrogens with zero attached hydrogens (tertiary/aromatic N) is 2. The third-order valence-electron chi connectivity index (χ3n) is 2.84. The Kier molecular flexibility index (Phi) is 4.01. The van der Waals surface area contributed by atoms with Crippen LogP contribution in [0.3, 0.4) is 0 Å². The summed E-state index contributed by atoms with van der Waals surface area (Å²) in [6.45, 7) is 3.24. The number of hydrogen-bond donors (Lipinski definition) is 2. The number of carbonyl (C=O) groups is 1. The highest BCUT2D eigenvalue weighted by atomic mass is 16.4. The molecule has 0 fully saturated rings. The molecule has 0 aromatic carbocycles. The fourth-order valence-electron chi connectivity index (χ4n) is 1.93. The molecule has 0 aliphatic carbocycles. The molecule has 0 aliphatic rings. The molecule has 0 saturated carbocycles. The summed E-state index contributed by atoms with van der Waals surface area (Å²) < 4.78 is 6.96. The van der Waals surface area contributed by atoms with Crippen LogP contribution in [-0.4, -0.2) is 20.9 Å². The largest absolute Gasteiger partial charge is 0.478 e. The Bertz CT molecular complexity index is 571. The molecule has 0 aliphatic heterocycles. The number of rotatable bonds is 6. The topological polar surface area (TPSA) is 80.3 Å². The van der Waals surface area contributed by atoms with Gasteiger partial charge in [-0.05, 0) is 12.5 Å². The summed E-state index contributed by atoms with van der Waals surface area (Å²) in [5.74, 6) is -0.366. The summed E-state index contributed by atoms with van der Waals surface area (Å²) in [6.07, 6.45) is 4.12. The maximum absolute atomic E-state index is 10.7. The average molecular weight is 263 g/mol. The van der Waals surface area contributed by atoms with Crippen molar-refractivity contribution >= 4 is 5.97 Å². The predicted molar refractivity (Wildman–Crippen MR) is 68.8 cm³/mol. The number of aromatic nitrogens is 2. The first-order chi connectivity index (χ1) is 9.10. The minimum absolute atomic E-state index is 0.174. The first-order valence-electron chi connectivity index (χ1n) is 6.13. The SMILES string of the molecule is CCc1nn(C)cc1CNCc1cc(C(=O)O)co1. The van der Waals surface area contributed by atoms with Crippen LogP contribution in [-0.2, 0) is 26.6 Å². The lowest BCUT2D eigenvalue weighted by molar-refractivity contribution is 0.0696. The lowest BCUT2D eigenvalue weighted by atomic mass is 10.2. The van der Waals surface area contributed by atoms with Gasteiger partial charge in [-0.2, -0.15) is 5.10 Å². The van der Waals surface area contributed by atoms with Crippen LogP contribution >= 0.6 is 0 Å². The minimum Gasteiger partial charge on any atom is -0.478 e. The van der Waals surface area contributed by atoms with Crippen LogP contribution in [0.1, 0.15) is 34.3 Å². The molecule has 0 unspecified atom stereocenters. The van der Waals surface area contributed by atoms with Crippen molar-refractivity contribution in [1.29, 1.82) is 0 Å². The molecule has 2 aromatic heterocycles. The zero-order valence-corrected chi connectivity index (χ0v) is 11.0. The minimum atomic E-state index is -0.976. The van der Waals surface area contributed by atoms with E-state index in [0.29, 0.717) is 18.8 Å². The zero-order valence-electron chi connectivity index (χ0n) is 11.0. The quantitative estimate of drug-likeness (QED) is 0.826. The van der Waals surface area contributed by atoms with E-state index in [0.717, 1.165) is 17.7 Å². The second-order valence-corrected chi connectivity index (χ2v) is 4.34. The molecule has 0 amide bonds. The van der Waals surface area contributed by atoms with E-state index in [4.69, 9.17) is 9.52 Å². The van der Waals surface area contributed by atoms with E-state index in [1.807, 2.05) is 13.2 Å². The molecule has 0 radical (unpaired) electrons. The van der Waals surface area contributed by atoms with Crippen LogP contribution < -0.4 is 5.32 Å². The first-order valence-corrected chi connectivity index (χ1v) is 6.13. The number of carboxylic acids is 1. The Morgan fingerprint density at radius 2 is 2.32 bits per heavy atom. The summed E-state index contributed by atoms with van der Waals surface area (Å²) in [5, 5.41) is 16.4. The molecule has 2 rings (SSSR count). The van der Waals surface area contributed by atoms with Crippen molar-refractivity contribution in [2.75, 3.05) is 0 Å². The second kappa shape index (κ2) is 5.71. The maximum Gasteiger partial charge on any atom is 0.338 e. The third-order valence-corrected chi connectivity index (χ3v) is 2.84. The summed E-state index contributed by atoms with van der Waals surface area (Å²) >= 11 is 0. The molecule has 2 heterocycles. The fourth-order valence-corrected chi connectivity index (χ4v) is 1.93. The van der Waals surface area contributed by atoms with E-state index in [1.54, 1.807) is 4.68 Å². The second-order valence-electron chi connectivity index (χ2n) is 4.34. The molecular formula is C13H17N3O3. The predicted octanol–water partition coefficient (Wildman–Crippen LogP) is 1.56. The zero-order chi connectivity index (χ0) is 13.8. The molecule has 0 bridgehead atoms. The van der Waals surface area contributed by atoms with Crippen molar-refractivity contribution in [2.24, 2.45) is 7.05 Å². The normalized spacial score (nSPS) is 10.8. The van der Waals surface area contributed by atoms with Gasteiger partial charge >= 0.3 is 5.97 Å². The van der Waals surface area contributed by atoms with Gasteiger partial charge in [0.05, 0.1) is 17.8 Å². The first kappa shape index (κ1) is 13.4. The number of aryl methyl sites for hydroxylation is 2. The summed E-state index contributed by atoms with van der Waals surface area (Å²) in [5.41, 5.74) is 2.39. The Hall–Kier alpha value is -2.08. The van der Waals surface area contributed by atoms with Gasteiger partial charge in [0.25, 0.3) is 0 Å². The van der Waals surface area contributed by atoms with Crippen LogP contribution in [0, 0.1) is 0 Å². The van der Waals surface area contributed by atoms with Crippen LogP contribution in [0.25, 0.3) is 0 Å². The lowest BCUT2D eigenvalue weighted by Crippen LogP contribution is -2.12. The van der Waals surface area contributed by atoms with Gasteiger partial charge in [0, 0.05) is 25.4 Å². The average Bonchev–Trinajstić information content (AvgIpc) is 2.96. The molecule has 6 nitrogen and oxygen atoms in total. The van der Waals surface area contributed by atoms with Crippen molar-refractivity contribution in [1.82, 2.24) is 15.1 Å². The van der Waals surface area contributed by atoms with Crippen molar-refractivity contribution < 1.29 is 14.3 Å². The highest BCUT2D eigenvalue weighted by Gasteiger charge is 2.09. The van der Waals surface area contributed by atoms with Gasteiger partial charge in [0.15, 0.2) is 0 Å². The van der Waals surface area contributed by atoms with E-state index in [1.165, 1.54) is 12.3 Å². The van der Waals surface area contributed by atoms with Gasteiger partial charge in [-0.1, -0.05) is 6.92 Å². The van der Waals surface area contributed by atoms with Crippen LogP contribution in [0.15, 0.2) is 22.9 Å². The van der Waals surface area contributed by atoms with Gasteiger partial charge < -0.3 is 14.8 Å². The Balaban J connectivity index is 1.90. The van der Waals surface area contributed by atoms with Crippen molar-refractivity contribution in [3.05, 3.63) is 41.1 Å². The van der Waals surface area contributed by atoms with Crippen LogP contribution in [0.5, 0.6) is 0 Å². The third kappa shape index (κ3) is 3.23. The Morgan fingerprint density at radius 3 is 2.95 bits per heavy atom. The Morgan fingerprint density at radius 1 is 1.53 bits per heavy atom. The van der Waals surface area contributed by atoms with E-state index in [9.17, 15) is 4.79 Å². The number of furan rings is 1. The highest BCUT2D eigenvalue weighted by Crippen LogP contribution is 2.09. The number of nitrogens with one attached hydrogen (secondary N) is 1. The van der Waals surface area contributed by atoms with Gasteiger partial charge in [0.2, 0.25) is 0 Å². The lowest BCUT2D eigenvalue weighted by Gasteiger charge is -2.01. The monoisotopic (exact) mass is 263 g/mol. The number of hydrogen-bond acceptors (Lipinski definition) is 4. The van der Waals surface area contributed by atoms with Gasteiger partial charge in [-0.25, -0.2) is 4.79 Å². The molecule has 102 valence electrons. The van der Waals surface area contributed by atoms with E-state index < -0.39 is 5.97 Å². The smallest absolute Gasteiger partial charge is 0.338 e. The summed E-state index contributed by atoms with van der Waals surface area (Å²) in [6, 6.07) is 1.53. The van der Waals surface area contributed by atoms with Gasteiger partial charge in [0.1, 0.15) is 12.0 Å². The molecule has 19 heavy (non-hydrogen) atoms. The number of carboxylic acid groups (broad SMARTS) is 1. The summed E-state index contributed by atoms with van der Waals surface area (Å²) in [4.78, 5) is 10.7. The van der Waals surface area contributed by atoms with Crippen LogP contribution in [0.4, 0.5) is 0 Å². The van der Waals surface area contributed by atoms with Gasteiger partial charge in [-0.15, -0.1) is 0 Å². The van der Waals surface area contributed by atoms with Crippen LogP contribution in [0.2, 0.25) is 0 Å². The molecule has 2 aromatic rings. The van der Waals surface area contributed by atoms with Crippen molar-refractivity contribution in [3.63, 3.8) is 0 Å². The summed E-state index contributed by atoms with van der Waals surface area (Å²) in [7, 11) is 1.90. The molecule has 2 N–H and O–H groups in total. The maximum atomic E-state index is 10.7. The van der Waals surface area contributed by atoms with Crippen molar-refractivity contribution in [3.8, 4) is 0 Å². The van der Waals surface area contributed by atoms with Gasteiger partial charge in [-0.3, -0.25) is 4.68 Å². The molecule has 6 heteroatoms. The van der Waals surface area contributed by atoms with E-state index in [2.05, 4.69) is 17.3 Å². The molecule has 0 saturated heterocycles. The van der Waals surface area contributed by atoms with Crippen molar-refractivity contribution in [2.45, 2.75) is 26.4 Å². The molecule has 0 atom stereocenters. The highest BCUT2D eigenvalue weighted by molar-refractivity contribution is 5.87.